The molecule has 5 rings (SSSR count). The van der Waals surface area contributed by atoms with Crippen LogP contribution in [0.4, 0.5) is 5.69 Å². The van der Waals surface area contributed by atoms with Crippen LogP contribution in [-0.2, 0) is 4.79 Å². The van der Waals surface area contributed by atoms with Gasteiger partial charge in [-0.3, -0.25) is 9.36 Å². The number of benzene rings is 2. The molecule has 0 spiro atoms. The molecule has 0 bridgehead atoms. The molecule has 1 saturated heterocycles. The number of aromatic amines is 1. The number of piperidine rings is 1. The Hall–Kier alpha value is -3.26. The normalized spacial score (nSPS) is 20.7. The number of rotatable bonds is 4. The molecule has 1 amide bonds. The van der Waals surface area contributed by atoms with Gasteiger partial charge in [0, 0.05) is 30.6 Å². The molecular formula is C21H23N4O4+. The third-order valence-electron chi connectivity index (χ3n) is 5.72. The van der Waals surface area contributed by atoms with Gasteiger partial charge in [-0.25, -0.2) is 4.79 Å². The number of hydrogen-bond acceptors (Lipinski definition) is 4. The molecule has 0 radical (unpaired) electrons. The summed E-state index contributed by atoms with van der Waals surface area (Å²) < 4.78 is 12.5. The van der Waals surface area contributed by atoms with Crippen molar-refractivity contribution in [2.75, 3.05) is 31.7 Å². The van der Waals surface area contributed by atoms with Crippen LogP contribution in [0.2, 0.25) is 0 Å². The molecule has 3 N–H and O–H groups in total. The number of amides is 1. The number of likely N-dealkylation sites (tertiary alicyclic amines) is 1. The highest BCUT2D eigenvalue weighted by molar-refractivity contribution is 5.91. The van der Waals surface area contributed by atoms with Crippen LogP contribution in [0.3, 0.4) is 0 Å². The molecule has 0 aliphatic carbocycles. The molecule has 2 aliphatic heterocycles. The van der Waals surface area contributed by atoms with Crippen LogP contribution in [0.15, 0.2) is 47.3 Å². The second-order valence-electron chi connectivity index (χ2n) is 7.59. The maximum Gasteiger partial charge on any atom is 0.326 e. The third-order valence-corrected chi connectivity index (χ3v) is 5.72. The van der Waals surface area contributed by atoms with Crippen molar-refractivity contribution in [2.45, 2.75) is 18.9 Å². The lowest BCUT2D eigenvalue weighted by atomic mass is 10.0. The van der Waals surface area contributed by atoms with Crippen molar-refractivity contribution in [2.24, 2.45) is 0 Å². The Labute approximate surface area is 167 Å². The van der Waals surface area contributed by atoms with Gasteiger partial charge in [-0.15, -0.1) is 0 Å². The fraction of sp³-hybridized carbons (Fsp3) is 0.333. The van der Waals surface area contributed by atoms with Gasteiger partial charge < -0.3 is 24.7 Å². The fourth-order valence-electron chi connectivity index (χ4n) is 4.29. The van der Waals surface area contributed by atoms with Crippen molar-refractivity contribution in [1.29, 1.82) is 0 Å². The first-order chi connectivity index (χ1) is 14.2. The second kappa shape index (κ2) is 7.29. The minimum absolute atomic E-state index is 0.0263. The van der Waals surface area contributed by atoms with Gasteiger partial charge in [0.15, 0.2) is 18.0 Å². The number of para-hydroxylation sites is 2. The zero-order valence-electron chi connectivity index (χ0n) is 15.9. The monoisotopic (exact) mass is 395 g/mol. The number of fused-ring (bicyclic) bond motifs is 2. The Bertz CT molecular complexity index is 1110. The SMILES string of the molecule is O=C(C[NH+]1CCC(n2c(=O)[nH]c3ccccc32)CC1)Nc1ccc2c(c1)OCO2. The summed E-state index contributed by atoms with van der Waals surface area (Å²) in [6.45, 7) is 2.33. The van der Waals surface area contributed by atoms with Gasteiger partial charge in [-0.1, -0.05) is 12.1 Å². The van der Waals surface area contributed by atoms with Crippen molar-refractivity contribution >= 4 is 22.6 Å². The predicted octanol–water partition coefficient (Wildman–Crippen LogP) is 0.917. The summed E-state index contributed by atoms with van der Waals surface area (Å²) in [6.07, 6.45) is 1.74. The van der Waals surface area contributed by atoms with E-state index in [1.165, 1.54) is 4.90 Å². The standard InChI is InChI=1S/C21H22N4O4/c26-20(22-14-5-6-18-19(11-14)29-13-28-18)12-24-9-7-15(8-10-24)25-17-4-2-1-3-16(17)23-21(25)27/h1-6,11,15H,7-10,12-13H2,(H,22,26)(H,23,27)/p+1. The first kappa shape index (κ1) is 17.8. The number of H-pyrrole nitrogens is 1. The maximum absolute atomic E-state index is 12.5. The second-order valence-corrected chi connectivity index (χ2v) is 7.59. The number of quaternary nitrogens is 1. The van der Waals surface area contributed by atoms with Crippen molar-refractivity contribution in [3.05, 3.63) is 52.9 Å². The zero-order valence-corrected chi connectivity index (χ0v) is 15.9. The number of carbonyl (C=O) groups excluding carboxylic acids is 1. The Morgan fingerprint density at radius 2 is 1.93 bits per heavy atom. The van der Waals surface area contributed by atoms with Crippen LogP contribution < -0.4 is 25.4 Å². The highest BCUT2D eigenvalue weighted by Gasteiger charge is 2.27. The number of ether oxygens (including phenoxy) is 2. The lowest BCUT2D eigenvalue weighted by Crippen LogP contribution is -3.14. The van der Waals surface area contributed by atoms with Crippen LogP contribution in [-0.4, -0.2) is 41.9 Å². The van der Waals surface area contributed by atoms with E-state index < -0.39 is 0 Å². The van der Waals surface area contributed by atoms with Gasteiger partial charge in [-0.05, 0) is 24.3 Å². The molecule has 0 atom stereocenters. The Balaban J connectivity index is 1.19. The summed E-state index contributed by atoms with van der Waals surface area (Å²) in [5.74, 6) is 1.32. The van der Waals surface area contributed by atoms with Crippen molar-refractivity contribution < 1.29 is 19.2 Å². The van der Waals surface area contributed by atoms with E-state index in [9.17, 15) is 9.59 Å². The highest BCUT2D eigenvalue weighted by Crippen LogP contribution is 2.34. The summed E-state index contributed by atoms with van der Waals surface area (Å²) >= 11 is 0. The third kappa shape index (κ3) is 3.47. The number of nitrogens with zero attached hydrogens (tertiary/aromatic N) is 1. The molecule has 8 nitrogen and oxygen atoms in total. The van der Waals surface area contributed by atoms with E-state index in [1.807, 2.05) is 34.9 Å². The molecule has 1 fully saturated rings. The summed E-state index contributed by atoms with van der Waals surface area (Å²) in [6, 6.07) is 13.3. The fourth-order valence-corrected chi connectivity index (χ4v) is 4.29. The summed E-state index contributed by atoms with van der Waals surface area (Å²) in [4.78, 5) is 29.0. The minimum Gasteiger partial charge on any atom is -0.454 e. The number of aromatic nitrogens is 2. The van der Waals surface area contributed by atoms with E-state index >= 15 is 0 Å². The molecule has 3 heterocycles. The van der Waals surface area contributed by atoms with E-state index in [0.717, 1.165) is 37.0 Å². The lowest BCUT2D eigenvalue weighted by molar-refractivity contribution is -0.897. The molecule has 0 unspecified atom stereocenters. The van der Waals surface area contributed by atoms with Gasteiger partial charge >= 0.3 is 5.69 Å². The molecule has 29 heavy (non-hydrogen) atoms. The van der Waals surface area contributed by atoms with E-state index in [2.05, 4.69) is 10.3 Å². The summed E-state index contributed by atoms with van der Waals surface area (Å²) in [5.41, 5.74) is 2.47. The summed E-state index contributed by atoms with van der Waals surface area (Å²) in [7, 11) is 0. The van der Waals surface area contributed by atoms with Crippen molar-refractivity contribution in [3.63, 3.8) is 0 Å². The van der Waals surface area contributed by atoms with Gasteiger partial charge in [0.2, 0.25) is 6.79 Å². The van der Waals surface area contributed by atoms with E-state index in [0.29, 0.717) is 23.7 Å². The lowest BCUT2D eigenvalue weighted by Gasteiger charge is -2.29. The molecule has 1 aromatic heterocycles. The minimum atomic E-state index is -0.0554. The topological polar surface area (TPSA) is 89.8 Å². The smallest absolute Gasteiger partial charge is 0.326 e. The van der Waals surface area contributed by atoms with Gasteiger partial charge in [0.05, 0.1) is 24.1 Å². The highest BCUT2D eigenvalue weighted by atomic mass is 16.7. The number of imidazole rings is 1. The largest absolute Gasteiger partial charge is 0.454 e. The number of hydrogen-bond donors (Lipinski definition) is 3. The Morgan fingerprint density at radius 1 is 1.14 bits per heavy atom. The van der Waals surface area contributed by atoms with Crippen molar-refractivity contribution in [3.8, 4) is 11.5 Å². The van der Waals surface area contributed by atoms with Crippen LogP contribution in [0, 0.1) is 0 Å². The average Bonchev–Trinajstić information content (AvgIpc) is 3.31. The quantitative estimate of drug-likeness (QED) is 0.613. The summed E-state index contributed by atoms with van der Waals surface area (Å²) in [5, 5.41) is 2.94. The Morgan fingerprint density at radius 3 is 2.79 bits per heavy atom. The first-order valence-electron chi connectivity index (χ1n) is 9.90. The van der Waals surface area contributed by atoms with Crippen LogP contribution in [0.25, 0.3) is 11.0 Å². The Kier molecular flexibility index (Phi) is 4.48. The maximum atomic E-state index is 12.5. The van der Waals surface area contributed by atoms with Crippen LogP contribution >= 0.6 is 0 Å². The van der Waals surface area contributed by atoms with Crippen LogP contribution in [0.1, 0.15) is 18.9 Å². The van der Waals surface area contributed by atoms with Crippen LogP contribution in [0.5, 0.6) is 11.5 Å². The average molecular weight is 395 g/mol. The first-order valence-corrected chi connectivity index (χ1v) is 9.90. The van der Waals surface area contributed by atoms with E-state index in [4.69, 9.17) is 9.47 Å². The van der Waals surface area contributed by atoms with E-state index in [1.54, 1.807) is 12.1 Å². The molecule has 2 aliphatic rings. The molecule has 150 valence electrons. The molecular weight excluding hydrogens is 372 g/mol. The van der Waals surface area contributed by atoms with Gasteiger partial charge in [0.1, 0.15) is 0 Å². The number of nitrogens with one attached hydrogen (secondary N) is 3. The van der Waals surface area contributed by atoms with Gasteiger partial charge in [-0.2, -0.15) is 0 Å². The van der Waals surface area contributed by atoms with Gasteiger partial charge in [0.25, 0.3) is 5.91 Å². The number of anilines is 1. The molecule has 2 aromatic carbocycles. The molecule has 3 aromatic rings. The molecule has 0 saturated carbocycles. The van der Waals surface area contributed by atoms with E-state index in [-0.39, 0.29) is 24.4 Å². The van der Waals surface area contributed by atoms with Crippen molar-refractivity contribution in [1.82, 2.24) is 9.55 Å². The molecule has 8 heteroatoms. The zero-order chi connectivity index (χ0) is 19.8. The predicted molar refractivity (Wildman–Crippen MR) is 108 cm³/mol. The number of carbonyl (C=O) groups is 1.